The number of hydrogen-bond donors (Lipinski definition) is 1. The highest BCUT2D eigenvalue weighted by Crippen LogP contribution is 2.67. The molecule has 2 unspecified atom stereocenters. The van der Waals surface area contributed by atoms with Crippen LogP contribution in [-0.4, -0.2) is 48.3 Å². The van der Waals surface area contributed by atoms with Crippen molar-refractivity contribution in [3.05, 3.63) is 46.7 Å². The molecule has 3 heterocycles. The fourth-order valence-electron chi connectivity index (χ4n) is 6.46. The molecule has 178 valence electrons. The van der Waals surface area contributed by atoms with Crippen LogP contribution in [0.3, 0.4) is 0 Å². The summed E-state index contributed by atoms with van der Waals surface area (Å²) in [5.74, 6) is 0.350. The quantitative estimate of drug-likeness (QED) is 0.654. The Labute approximate surface area is 205 Å². The monoisotopic (exact) mass is 478 g/mol. The predicted octanol–water partition coefficient (Wildman–Crippen LogP) is 5.20. The fraction of sp³-hybridized carbons (Fsp3) is 0.519. The molecule has 7 heteroatoms. The van der Waals surface area contributed by atoms with Crippen LogP contribution >= 0.6 is 11.6 Å². The number of ketones is 1. The Morgan fingerprint density at radius 3 is 2.47 bits per heavy atom. The van der Waals surface area contributed by atoms with Gasteiger partial charge in [0.15, 0.2) is 0 Å². The molecule has 1 aromatic carbocycles. The number of nitrogens with zero attached hydrogens (tertiary/aromatic N) is 3. The minimum Gasteiger partial charge on any atom is -0.378 e. The zero-order valence-corrected chi connectivity index (χ0v) is 20.8. The third-order valence-corrected chi connectivity index (χ3v) is 9.60. The molecule has 2 saturated carbocycles. The molecule has 1 aromatic heterocycles. The highest BCUT2D eigenvalue weighted by molar-refractivity contribution is 6.34. The summed E-state index contributed by atoms with van der Waals surface area (Å²) in [7, 11) is 0. The number of hydrogen-bond acceptors (Lipinski definition) is 6. The van der Waals surface area contributed by atoms with E-state index in [0.717, 1.165) is 67.5 Å². The van der Waals surface area contributed by atoms with E-state index in [1.807, 2.05) is 0 Å². The van der Waals surface area contributed by atoms with Crippen molar-refractivity contribution in [1.82, 2.24) is 4.98 Å². The minimum absolute atomic E-state index is 0.170. The Kier molecular flexibility index (Phi) is 4.88. The van der Waals surface area contributed by atoms with Crippen molar-refractivity contribution < 1.29 is 9.53 Å². The number of carbonyl (C=O) groups is 1. The number of halogens is 1. The Morgan fingerprint density at radius 2 is 1.82 bits per heavy atom. The van der Waals surface area contributed by atoms with Gasteiger partial charge in [-0.15, -0.1) is 0 Å². The van der Waals surface area contributed by atoms with Crippen LogP contribution in [0.25, 0.3) is 0 Å². The van der Waals surface area contributed by atoms with Crippen LogP contribution in [0.4, 0.5) is 17.1 Å². The molecule has 0 amide bonds. The number of anilines is 2. The molecule has 6 nitrogen and oxygen atoms in total. The van der Waals surface area contributed by atoms with E-state index >= 15 is 0 Å². The Bertz CT molecular complexity index is 1200. The molecule has 34 heavy (non-hydrogen) atoms. The SMILES string of the molecule is CC12CCC(Nc3c(Cl)cnc4c3N=C(c3ccc(N5CCOCC5)cc3)C4)(CC1=O)C2(C)C. The fourth-order valence-corrected chi connectivity index (χ4v) is 6.64. The molecule has 0 spiro atoms. The number of nitrogens with one attached hydrogen (secondary N) is 1. The van der Waals surface area contributed by atoms with Crippen LogP contribution in [0.1, 0.15) is 51.3 Å². The van der Waals surface area contributed by atoms with Crippen LogP contribution in [-0.2, 0) is 16.0 Å². The second-order valence-electron chi connectivity index (χ2n) is 10.9. The van der Waals surface area contributed by atoms with Gasteiger partial charge in [-0.05, 0) is 30.5 Å². The second-order valence-corrected chi connectivity index (χ2v) is 11.3. The van der Waals surface area contributed by atoms with Crippen molar-refractivity contribution >= 4 is 40.2 Å². The summed E-state index contributed by atoms with van der Waals surface area (Å²) in [5, 5.41) is 4.33. The molecule has 2 aromatic rings. The maximum Gasteiger partial charge on any atom is 0.141 e. The first kappa shape index (κ1) is 22.1. The zero-order valence-electron chi connectivity index (χ0n) is 20.1. The van der Waals surface area contributed by atoms with Gasteiger partial charge in [0, 0.05) is 48.6 Å². The largest absolute Gasteiger partial charge is 0.378 e. The number of carbonyl (C=O) groups excluding carboxylic acids is 1. The van der Waals surface area contributed by atoms with E-state index in [-0.39, 0.29) is 16.4 Å². The molecular weight excluding hydrogens is 448 g/mol. The number of aliphatic imine (C=N–C) groups is 1. The third kappa shape index (κ3) is 3.01. The van der Waals surface area contributed by atoms with Crippen molar-refractivity contribution in [3.8, 4) is 0 Å². The first-order valence-electron chi connectivity index (χ1n) is 12.2. The number of Topliss-reactive ketones (excluding diaryl/α,β-unsaturated/α-hetero) is 1. The van der Waals surface area contributed by atoms with Gasteiger partial charge in [-0.3, -0.25) is 9.78 Å². The van der Waals surface area contributed by atoms with Crippen LogP contribution < -0.4 is 10.2 Å². The van der Waals surface area contributed by atoms with Crippen molar-refractivity contribution in [2.75, 3.05) is 36.5 Å². The second kappa shape index (κ2) is 7.53. The van der Waals surface area contributed by atoms with Crippen LogP contribution in [0.5, 0.6) is 0 Å². The van der Waals surface area contributed by atoms with Gasteiger partial charge in [0.2, 0.25) is 0 Å². The molecular formula is C27H31ClN4O2. The lowest BCUT2D eigenvalue weighted by atomic mass is 9.68. The molecule has 3 fully saturated rings. The number of morpholine rings is 1. The Morgan fingerprint density at radius 1 is 1.09 bits per heavy atom. The number of fused-ring (bicyclic) bond motifs is 3. The normalized spacial score (nSPS) is 29.4. The van der Waals surface area contributed by atoms with Crippen molar-refractivity contribution in [3.63, 3.8) is 0 Å². The van der Waals surface area contributed by atoms with Gasteiger partial charge in [-0.1, -0.05) is 44.5 Å². The number of aromatic nitrogens is 1. The van der Waals surface area contributed by atoms with E-state index in [0.29, 0.717) is 23.6 Å². The zero-order chi connectivity index (χ0) is 23.7. The topological polar surface area (TPSA) is 66.8 Å². The van der Waals surface area contributed by atoms with E-state index in [4.69, 9.17) is 21.3 Å². The van der Waals surface area contributed by atoms with E-state index < -0.39 is 0 Å². The first-order valence-corrected chi connectivity index (χ1v) is 12.6. The number of benzene rings is 1. The highest BCUT2D eigenvalue weighted by atomic mass is 35.5. The maximum absolute atomic E-state index is 12.9. The lowest BCUT2D eigenvalue weighted by Crippen LogP contribution is -2.46. The van der Waals surface area contributed by atoms with E-state index in [1.165, 1.54) is 5.69 Å². The number of rotatable bonds is 4. The maximum atomic E-state index is 12.9. The van der Waals surface area contributed by atoms with Gasteiger partial charge in [-0.2, -0.15) is 0 Å². The lowest BCUT2D eigenvalue weighted by molar-refractivity contribution is -0.128. The lowest BCUT2D eigenvalue weighted by Gasteiger charge is -2.41. The molecule has 0 radical (unpaired) electrons. The number of pyridine rings is 1. The van der Waals surface area contributed by atoms with E-state index in [9.17, 15) is 4.79 Å². The highest BCUT2D eigenvalue weighted by Gasteiger charge is 2.70. The first-order chi connectivity index (χ1) is 16.2. The molecule has 6 rings (SSSR count). The molecule has 2 aliphatic heterocycles. The smallest absolute Gasteiger partial charge is 0.141 e. The number of ether oxygens (including phenoxy) is 1. The van der Waals surface area contributed by atoms with E-state index in [1.54, 1.807) is 6.20 Å². The summed E-state index contributed by atoms with van der Waals surface area (Å²) < 4.78 is 5.47. The average Bonchev–Trinajstić information content (AvgIpc) is 3.40. The van der Waals surface area contributed by atoms with Gasteiger partial charge in [0.1, 0.15) is 11.5 Å². The van der Waals surface area contributed by atoms with Gasteiger partial charge < -0.3 is 15.0 Å². The Balaban J connectivity index is 1.31. The Hall–Kier alpha value is -2.44. The summed E-state index contributed by atoms with van der Waals surface area (Å²) in [6, 6.07) is 8.61. The average molecular weight is 479 g/mol. The van der Waals surface area contributed by atoms with Crippen molar-refractivity contribution in [2.24, 2.45) is 15.8 Å². The standard InChI is InChI=1S/C27H31ClN4O2/c1-25(2)26(3)8-9-27(25,15-22(26)33)31-23-19(28)16-29-21-14-20(30-24(21)23)17-4-6-18(7-5-17)32-10-12-34-13-11-32/h4-7,16H,8-15H2,1-3H3,(H,29,31). The summed E-state index contributed by atoms with van der Waals surface area (Å²) in [6.07, 6.45) is 4.78. The molecule has 2 aliphatic carbocycles. The third-order valence-electron chi connectivity index (χ3n) is 9.31. The minimum atomic E-state index is -0.310. The summed E-state index contributed by atoms with van der Waals surface area (Å²) in [6.45, 7) is 9.95. The summed E-state index contributed by atoms with van der Waals surface area (Å²) >= 11 is 6.69. The summed E-state index contributed by atoms with van der Waals surface area (Å²) in [5.41, 5.74) is 5.10. The molecule has 4 aliphatic rings. The molecule has 1 saturated heterocycles. The molecule has 2 bridgehead atoms. The van der Waals surface area contributed by atoms with Crippen LogP contribution in [0.2, 0.25) is 5.02 Å². The van der Waals surface area contributed by atoms with Crippen LogP contribution in [0.15, 0.2) is 35.5 Å². The van der Waals surface area contributed by atoms with E-state index in [2.05, 4.69) is 60.2 Å². The van der Waals surface area contributed by atoms with Crippen molar-refractivity contribution in [2.45, 2.75) is 52.0 Å². The van der Waals surface area contributed by atoms with Gasteiger partial charge in [0.05, 0.1) is 40.9 Å². The summed E-state index contributed by atoms with van der Waals surface area (Å²) in [4.78, 5) is 24.9. The van der Waals surface area contributed by atoms with Gasteiger partial charge >= 0.3 is 0 Å². The molecule has 1 N–H and O–H groups in total. The molecule has 2 atom stereocenters. The van der Waals surface area contributed by atoms with Crippen LogP contribution in [0, 0.1) is 10.8 Å². The van der Waals surface area contributed by atoms with Gasteiger partial charge in [0.25, 0.3) is 0 Å². The predicted molar refractivity (Wildman–Crippen MR) is 136 cm³/mol. The van der Waals surface area contributed by atoms with Crippen molar-refractivity contribution in [1.29, 1.82) is 0 Å². The van der Waals surface area contributed by atoms with Gasteiger partial charge in [-0.25, -0.2) is 4.99 Å².